The summed E-state index contributed by atoms with van der Waals surface area (Å²) >= 11 is 0. The zero-order chi connectivity index (χ0) is 12.8. The molecule has 1 aliphatic rings. The first-order valence-corrected chi connectivity index (χ1v) is 6.78. The molecule has 18 heavy (non-hydrogen) atoms. The molecule has 0 spiro atoms. The van der Waals surface area contributed by atoms with Crippen LogP contribution in [0.4, 0.5) is 0 Å². The van der Waals surface area contributed by atoms with Gasteiger partial charge in [-0.25, -0.2) is 0 Å². The molecule has 1 heterocycles. The van der Waals surface area contributed by atoms with Crippen LogP contribution < -0.4 is 5.32 Å². The average molecular weight is 247 g/mol. The molecule has 0 bridgehead atoms. The number of benzene rings is 1. The van der Waals surface area contributed by atoms with E-state index >= 15 is 0 Å². The van der Waals surface area contributed by atoms with Crippen molar-refractivity contribution in [3.63, 3.8) is 0 Å². The zero-order valence-corrected chi connectivity index (χ0v) is 10.9. The second-order valence-electron chi connectivity index (χ2n) is 4.75. The number of nitrogens with one attached hydrogen (secondary N) is 1. The first-order valence-electron chi connectivity index (χ1n) is 6.78. The Morgan fingerprint density at radius 1 is 1.44 bits per heavy atom. The third kappa shape index (κ3) is 3.57. The Bertz CT molecular complexity index is 397. The molecule has 1 N–H and O–H groups in total. The van der Waals surface area contributed by atoms with Crippen LogP contribution in [0.5, 0.6) is 0 Å². The summed E-state index contributed by atoms with van der Waals surface area (Å²) in [6, 6.07) is 7.85. The maximum Gasteiger partial charge on any atom is 0.251 e. The van der Waals surface area contributed by atoms with E-state index in [0.717, 1.165) is 25.0 Å². The summed E-state index contributed by atoms with van der Waals surface area (Å²) in [5.74, 6) is 0.00362. The number of carbonyl (C=O) groups is 1. The van der Waals surface area contributed by atoms with E-state index in [2.05, 4.69) is 11.4 Å². The molecule has 1 amide bonds. The van der Waals surface area contributed by atoms with Crippen LogP contribution in [0, 0.1) is 0 Å². The minimum Gasteiger partial charge on any atom is -0.378 e. The lowest BCUT2D eigenvalue weighted by Crippen LogP contribution is -2.23. The molecule has 0 aliphatic carbocycles. The highest BCUT2D eigenvalue weighted by atomic mass is 16.5. The predicted molar refractivity (Wildman–Crippen MR) is 71.7 cm³/mol. The number of ether oxygens (including phenoxy) is 1. The predicted octanol–water partition coefficient (Wildman–Crippen LogP) is 2.55. The Morgan fingerprint density at radius 3 is 3.06 bits per heavy atom. The zero-order valence-electron chi connectivity index (χ0n) is 10.9. The van der Waals surface area contributed by atoms with Crippen molar-refractivity contribution in [2.45, 2.75) is 38.7 Å². The van der Waals surface area contributed by atoms with Gasteiger partial charge in [-0.3, -0.25) is 4.79 Å². The molecule has 1 saturated heterocycles. The highest BCUT2D eigenvalue weighted by Crippen LogP contribution is 2.17. The van der Waals surface area contributed by atoms with Gasteiger partial charge in [0.2, 0.25) is 0 Å². The third-order valence-corrected chi connectivity index (χ3v) is 3.26. The van der Waals surface area contributed by atoms with Crippen molar-refractivity contribution in [3.8, 4) is 0 Å². The van der Waals surface area contributed by atoms with Gasteiger partial charge in [-0.05, 0) is 50.3 Å². The summed E-state index contributed by atoms with van der Waals surface area (Å²) in [5.41, 5.74) is 1.93. The van der Waals surface area contributed by atoms with E-state index in [1.165, 1.54) is 18.4 Å². The molecule has 3 heteroatoms. The molecule has 1 unspecified atom stereocenters. The Labute approximate surface area is 109 Å². The van der Waals surface area contributed by atoms with E-state index in [4.69, 9.17) is 4.74 Å². The lowest BCUT2D eigenvalue weighted by molar-refractivity contribution is 0.0168. The van der Waals surface area contributed by atoms with E-state index in [1.807, 2.05) is 25.1 Å². The van der Waals surface area contributed by atoms with Crippen LogP contribution in [0.2, 0.25) is 0 Å². The molecule has 3 nitrogen and oxygen atoms in total. The molecule has 0 aromatic heterocycles. The molecule has 1 atom stereocenters. The Hall–Kier alpha value is -1.35. The fourth-order valence-electron chi connectivity index (χ4n) is 2.33. The van der Waals surface area contributed by atoms with Crippen LogP contribution in [0.3, 0.4) is 0 Å². The maximum atomic E-state index is 11.7. The first kappa shape index (κ1) is 13.1. The molecule has 2 rings (SSSR count). The highest BCUT2D eigenvalue weighted by molar-refractivity contribution is 5.94. The van der Waals surface area contributed by atoms with Crippen molar-refractivity contribution in [2.75, 3.05) is 13.2 Å². The summed E-state index contributed by atoms with van der Waals surface area (Å²) in [5, 5.41) is 2.82. The van der Waals surface area contributed by atoms with Gasteiger partial charge in [0, 0.05) is 18.7 Å². The van der Waals surface area contributed by atoms with Gasteiger partial charge in [-0.2, -0.15) is 0 Å². The Kier molecular flexibility index (Phi) is 4.76. The second kappa shape index (κ2) is 6.55. The summed E-state index contributed by atoms with van der Waals surface area (Å²) in [6.45, 7) is 3.47. The van der Waals surface area contributed by atoms with Gasteiger partial charge in [0.15, 0.2) is 0 Å². The lowest BCUT2D eigenvalue weighted by atomic mass is 10.00. The maximum absolute atomic E-state index is 11.7. The highest BCUT2D eigenvalue weighted by Gasteiger charge is 2.15. The van der Waals surface area contributed by atoms with Gasteiger partial charge in [-0.15, -0.1) is 0 Å². The Balaban J connectivity index is 2.00. The number of amides is 1. The monoisotopic (exact) mass is 247 g/mol. The fraction of sp³-hybridized carbons (Fsp3) is 0.533. The molecule has 0 radical (unpaired) electrons. The molecule has 1 aromatic carbocycles. The summed E-state index contributed by atoms with van der Waals surface area (Å²) in [6.07, 6.45) is 4.79. The third-order valence-electron chi connectivity index (χ3n) is 3.26. The van der Waals surface area contributed by atoms with Gasteiger partial charge in [0.1, 0.15) is 0 Å². The van der Waals surface area contributed by atoms with E-state index in [1.54, 1.807) is 0 Å². The smallest absolute Gasteiger partial charge is 0.251 e. The van der Waals surface area contributed by atoms with Crippen LogP contribution in [-0.2, 0) is 11.2 Å². The minimum atomic E-state index is 0.00362. The molecule has 0 saturated carbocycles. The van der Waals surface area contributed by atoms with Crippen LogP contribution in [-0.4, -0.2) is 25.2 Å². The SMILES string of the molecule is CCNC(=O)c1cccc(CC2CCCCO2)c1. The van der Waals surface area contributed by atoms with Crippen LogP contribution >= 0.6 is 0 Å². The van der Waals surface area contributed by atoms with Crippen LogP contribution in [0.25, 0.3) is 0 Å². The van der Waals surface area contributed by atoms with Crippen LogP contribution in [0.15, 0.2) is 24.3 Å². The lowest BCUT2D eigenvalue weighted by Gasteiger charge is -2.22. The number of hydrogen-bond acceptors (Lipinski definition) is 2. The van der Waals surface area contributed by atoms with Gasteiger partial charge >= 0.3 is 0 Å². The van der Waals surface area contributed by atoms with Crippen molar-refractivity contribution >= 4 is 5.91 Å². The van der Waals surface area contributed by atoms with Crippen molar-refractivity contribution in [1.29, 1.82) is 0 Å². The molecular weight excluding hydrogens is 226 g/mol. The minimum absolute atomic E-state index is 0.00362. The van der Waals surface area contributed by atoms with Crippen molar-refractivity contribution < 1.29 is 9.53 Å². The number of rotatable bonds is 4. The van der Waals surface area contributed by atoms with Gasteiger partial charge in [-0.1, -0.05) is 12.1 Å². The molecule has 98 valence electrons. The van der Waals surface area contributed by atoms with Crippen LogP contribution in [0.1, 0.15) is 42.1 Å². The summed E-state index contributed by atoms with van der Waals surface area (Å²) in [7, 11) is 0. The topological polar surface area (TPSA) is 38.3 Å². The first-order chi connectivity index (χ1) is 8.79. The van der Waals surface area contributed by atoms with Crippen molar-refractivity contribution in [2.24, 2.45) is 0 Å². The van der Waals surface area contributed by atoms with Gasteiger partial charge in [0.25, 0.3) is 5.91 Å². The quantitative estimate of drug-likeness (QED) is 0.888. The normalized spacial score (nSPS) is 19.5. The summed E-state index contributed by atoms with van der Waals surface area (Å²) in [4.78, 5) is 11.7. The summed E-state index contributed by atoms with van der Waals surface area (Å²) < 4.78 is 5.73. The average Bonchev–Trinajstić information content (AvgIpc) is 2.40. The van der Waals surface area contributed by atoms with E-state index in [0.29, 0.717) is 12.6 Å². The van der Waals surface area contributed by atoms with Gasteiger partial charge < -0.3 is 10.1 Å². The molecule has 1 fully saturated rings. The van der Waals surface area contributed by atoms with E-state index in [-0.39, 0.29) is 5.91 Å². The van der Waals surface area contributed by atoms with E-state index < -0.39 is 0 Å². The molecule has 1 aliphatic heterocycles. The number of hydrogen-bond donors (Lipinski definition) is 1. The number of carbonyl (C=O) groups excluding carboxylic acids is 1. The standard InChI is InChI=1S/C15H21NO2/c1-2-16-15(17)13-7-5-6-12(10-13)11-14-8-3-4-9-18-14/h5-7,10,14H,2-4,8-9,11H2,1H3,(H,16,17). The largest absolute Gasteiger partial charge is 0.378 e. The van der Waals surface area contributed by atoms with Crippen molar-refractivity contribution in [1.82, 2.24) is 5.32 Å². The molecule has 1 aromatic rings. The Morgan fingerprint density at radius 2 is 2.33 bits per heavy atom. The fourth-order valence-corrected chi connectivity index (χ4v) is 2.33. The second-order valence-corrected chi connectivity index (χ2v) is 4.75. The van der Waals surface area contributed by atoms with Gasteiger partial charge in [0.05, 0.1) is 6.10 Å². The van der Waals surface area contributed by atoms with E-state index in [9.17, 15) is 4.79 Å². The van der Waals surface area contributed by atoms with Crippen molar-refractivity contribution in [3.05, 3.63) is 35.4 Å². The molecular formula is C15H21NO2.